The Kier molecular flexibility index (Phi) is 9.30. The van der Waals surface area contributed by atoms with Gasteiger partial charge < -0.3 is 15.4 Å². The van der Waals surface area contributed by atoms with Gasteiger partial charge in [-0.3, -0.25) is 9.59 Å². The van der Waals surface area contributed by atoms with Gasteiger partial charge >= 0.3 is 5.97 Å². The van der Waals surface area contributed by atoms with Gasteiger partial charge in [-0.1, -0.05) is 72.8 Å². The highest BCUT2D eigenvalue weighted by Crippen LogP contribution is 2.40. The molecule has 1 unspecified atom stereocenters. The predicted octanol–water partition coefficient (Wildman–Crippen LogP) is 8.38. The number of thiophene rings is 2. The van der Waals surface area contributed by atoms with Crippen molar-refractivity contribution in [2.75, 3.05) is 17.2 Å². The molecule has 5 rings (SSSR count). The Morgan fingerprint density at radius 1 is 0.854 bits per heavy atom. The van der Waals surface area contributed by atoms with Crippen LogP contribution >= 0.6 is 34.4 Å². The molecule has 2 aromatic heterocycles. The smallest absolute Gasteiger partial charge is 0.341 e. The Labute approximate surface area is 250 Å². The lowest BCUT2D eigenvalue weighted by atomic mass is 10.0. The number of hydrogen-bond donors (Lipinski definition) is 2. The van der Waals surface area contributed by atoms with Gasteiger partial charge in [0, 0.05) is 21.5 Å². The van der Waals surface area contributed by atoms with Crippen LogP contribution in [0, 0.1) is 0 Å². The second-order valence-electron chi connectivity index (χ2n) is 8.80. The van der Waals surface area contributed by atoms with Crippen molar-refractivity contribution in [1.29, 1.82) is 0 Å². The van der Waals surface area contributed by atoms with Crippen LogP contribution in [0.4, 0.5) is 10.7 Å². The fraction of sp³-hybridized carbons (Fsp3) is 0.0938. The van der Waals surface area contributed by atoms with Crippen molar-refractivity contribution in [1.82, 2.24) is 0 Å². The molecule has 6 nitrogen and oxygen atoms in total. The van der Waals surface area contributed by atoms with Crippen LogP contribution in [0.25, 0.3) is 11.1 Å². The number of benzene rings is 3. The van der Waals surface area contributed by atoms with Crippen molar-refractivity contribution in [3.63, 3.8) is 0 Å². The maximum absolute atomic E-state index is 13.9. The molecule has 0 saturated carbocycles. The van der Waals surface area contributed by atoms with Crippen LogP contribution in [-0.2, 0) is 9.53 Å². The summed E-state index contributed by atoms with van der Waals surface area (Å²) in [5.74, 6) is -0.944. The van der Waals surface area contributed by atoms with Gasteiger partial charge in [-0.05, 0) is 47.7 Å². The van der Waals surface area contributed by atoms with E-state index >= 15 is 0 Å². The van der Waals surface area contributed by atoms with E-state index < -0.39 is 11.2 Å². The minimum absolute atomic E-state index is 0.182. The normalized spacial score (nSPS) is 11.4. The van der Waals surface area contributed by atoms with Crippen LogP contribution in [0.15, 0.2) is 113 Å². The van der Waals surface area contributed by atoms with E-state index in [2.05, 4.69) is 10.6 Å². The highest BCUT2D eigenvalue weighted by molar-refractivity contribution is 8.00. The molecule has 0 saturated heterocycles. The monoisotopic (exact) mass is 598 g/mol. The largest absolute Gasteiger partial charge is 0.462 e. The number of carbonyl (C=O) groups is 3. The summed E-state index contributed by atoms with van der Waals surface area (Å²) < 4.78 is 5.36. The summed E-state index contributed by atoms with van der Waals surface area (Å²) in [6, 6.07) is 30.0. The Bertz CT molecular complexity index is 1630. The minimum atomic E-state index is -0.628. The standard InChI is InChI=1S/C32H26N2O4S3/c1-2-38-32(37)27-25(21-11-5-3-6-12-21)20-40-31(27)34-30(36)28(22-13-7-4-8-14-22)41-24-16-9-15-23(19-24)33-29(35)26-17-10-18-39-26/h3-20,28H,2H2,1H3,(H,33,35)(H,34,36). The first-order valence-electron chi connectivity index (χ1n) is 12.8. The first-order chi connectivity index (χ1) is 20.0. The maximum atomic E-state index is 13.9. The molecule has 0 aliphatic carbocycles. The van der Waals surface area contributed by atoms with Crippen molar-refractivity contribution in [2.24, 2.45) is 0 Å². The molecule has 0 aliphatic heterocycles. The summed E-state index contributed by atoms with van der Waals surface area (Å²) in [5.41, 5.74) is 3.35. The number of nitrogens with one attached hydrogen (secondary N) is 2. The number of anilines is 2. The molecule has 5 aromatic rings. The summed E-state index contributed by atoms with van der Waals surface area (Å²) in [6.07, 6.45) is 0. The summed E-state index contributed by atoms with van der Waals surface area (Å²) in [4.78, 5) is 40.9. The fourth-order valence-electron chi connectivity index (χ4n) is 4.15. The minimum Gasteiger partial charge on any atom is -0.462 e. The Hall–Kier alpha value is -4.18. The molecule has 2 amide bonds. The molecule has 206 valence electrons. The number of amides is 2. The van der Waals surface area contributed by atoms with Crippen LogP contribution in [0.5, 0.6) is 0 Å². The molecule has 0 spiro atoms. The lowest BCUT2D eigenvalue weighted by Crippen LogP contribution is -2.20. The zero-order chi connectivity index (χ0) is 28.6. The SMILES string of the molecule is CCOC(=O)c1c(-c2ccccc2)csc1NC(=O)C(Sc1cccc(NC(=O)c2cccs2)c1)c1ccccc1. The van der Waals surface area contributed by atoms with Crippen LogP contribution in [0.2, 0.25) is 0 Å². The van der Waals surface area contributed by atoms with Crippen LogP contribution in [0.1, 0.15) is 37.8 Å². The van der Waals surface area contributed by atoms with Crippen LogP contribution < -0.4 is 10.6 Å². The molecule has 0 bridgehead atoms. The zero-order valence-corrected chi connectivity index (χ0v) is 24.5. The molecule has 2 N–H and O–H groups in total. The van der Waals surface area contributed by atoms with Gasteiger partial charge in [0.15, 0.2) is 0 Å². The molecule has 3 aromatic carbocycles. The Morgan fingerprint density at radius 2 is 1.61 bits per heavy atom. The molecule has 0 radical (unpaired) electrons. The number of thioether (sulfide) groups is 1. The average Bonchev–Trinajstić information content (AvgIpc) is 3.68. The third-order valence-electron chi connectivity index (χ3n) is 6.02. The number of rotatable bonds is 10. The molecule has 0 aliphatic rings. The van der Waals surface area contributed by atoms with Gasteiger partial charge in [-0.25, -0.2) is 4.79 Å². The molecule has 2 heterocycles. The van der Waals surface area contributed by atoms with E-state index in [9.17, 15) is 14.4 Å². The van der Waals surface area contributed by atoms with Crippen molar-refractivity contribution < 1.29 is 19.1 Å². The predicted molar refractivity (Wildman–Crippen MR) is 168 cm³/mol. The fourth-order valence-corrected chi connectivity index (χ4v) is 6.81. The number of hydrogen-bond acceptors (Lipinski definition) is 7. The molecular weight excluding hydrogens is 573 g/mol. The van der Waals surface area contributed by atoms with Gasteiger partial charge in [0.05, 0.1) is 11.5 Å². The number of ether oxygens (including phenoxy) is 1. The van der Waals surface area contributed by atoms with E-state index in [-0.39, 0.29) is 18.4 Å². The third-order valence-corrected chi connectivity index (χ3v) is 9.04. The number of carbonyl (C=O) groups excluding carboxylic acids is 3. The maximum Gasteiger partial charge on any atom is 0.341 e. The molecular formula is C32H26N2O4S3. The summed E-state index contributed by atoms with van der Waals surface area (Å²) >= 11 is 4.03. The van der Waals surface area contributed by atoms with Crippen molar-refractivity contribution in [3.8, 4) is 11.1 Å². The van der Waals surface area contributed by atoms with Crippen LogP contribution in [-0.4, -0.2) is 24.4 Å². The van der Waals surface area contributed by atoms with Crippen molar-refractivity contribution in [2.45, 2.75) is 17.1 Å². The van der Waals surface area contributed by atoms with Crippen molar-refractivity contribution >= 4 is 62.9 Å². The third kappa shape index (κ3) is 6.94. The first-order valence-corrected chi connectivity index (χ1v) is 15.5. The topological polar surface area (TPSA) is 84.5 Å². The second-order valence-corrected chi connectivity index (χ2v) is 11.8. The Balaban J connectivity index is 1.42. The zero-order valence-electron chi connectivity index (χ0n) is 22.0. The van der Waals surface area contributed by atoms with E-state index in [0.29, 0.717) is 26.7 Å². The van der Waals surface area contributed by atoms with Crippen molar-refractivity contribution in [3.05, 3.63) is 124 Å². The summed E-state index contributed by atoms with van der Waals surface area (Å²) in [7, 11) is 0. The summed E-state index contributed by atoms with van der Waals surface area (Å²) in [5, 5.41) is 9.46. The Morgan fingerprint density at radius 3 is 2.32 bits per heavy atom. The lowest BCUT2D eigenvalue weighted by molar-refractivity contribution is -0.115. The van der Waals surface area contributed by atoms with Gasteiger partial charge in [-0.15, -0.1) is 34.4 Å². The van der Waals surface area contributed by atoms with E-state index in [1.165, 1.54) is 34.4 Å². The van der Waals surface area contributed by atoms with Gasteiger partial charge in [0.2, 0.25) is 5.91 Å². The van der Waals surface area contributed by atoms with E-state index in [0.717, 1.165) is 16.0 Å². The summed E-state index contributed by atoms with van der Waals surface area (Å²) in [6.45, 7) is 1.97. The van der Waals surface area contributed by atoms with E-state index in [1.54, 1.807) is 13.0 Å². The van der Waals surface area contributed by atoms with E-state index in [1.807, 2.05) is 102 Å². The van der Waals surface area contributed by atoms with E-state index in [4.69, 9.17) is 4.74 Å². The highest BCUT2D eigenvalue weighted by Gasteiger charge is 2.27. The highest BCUT2D eigenvalue weighted by atomic mass is 32.2. The number of esters is 1. The molecule has 9 heteroatoms. The first kappa shape index (κ1) is 28.4. The second kappa shape index (κ2) is 13.5. The van der Waals surface area contributed by atoms with Gasteiger partial charge in [0.25, 0.3) is 5.91 Å². The average molecular weight is 599 g/mol. The lowest BCUT2D eigenvalue weighted by Gasteiger charge is -2.18. The van der Waals surface area contributed by atoms with Gasteiger partial charge in [0.1, 0.15) is 15.8 Å². The van der Waals surface area contributed by atoms with Gasteiger partial charge in [-0.2, -0.15) is 0 Å². The molecule has 0 fully saturated rings. The van der Waals surface area contributed by atoms with Crippen LogP contribution in [0.3, 0.4) is 0 Å². The molecule has 1 atom stereocenters. The quantitative estimate of drug-likeness (QED) is 0.125. The molecule has 41 heavy (non-hydrogen) atoms.